The van der Waals surface area contributed by atoms with E-state index in [-0.39, 0.29) is 17.1 Å². The standard InChI is InChI=1S/C19H25NO2S/c1-6-7-10-20-18(21)16(17(19(20)22)23-12(2)3)15-9-8-13(4)11-14(15)5/h8-9,11-12H,6-7,10H2,1-5H3. The normalized spacial score (nSPS) is 15.3. The first kappa shape index (κ1) is 17.8. The predicted molar refractivity (Wildman–Crippen MR) is 97.2 cm³/mol. The summed E-state index contributed by atoms with van der Waals surface area (Å²) in [6.07, 6.45) is 1.81. The van der Waals surface area contributed by atoms with Gasteiger partial charge in [-0.25, -0.2) is 0 Å². The third-order valence-electron chi connectivity index (χ3n) is 3.87. The third kappa shape index (κ3) is 3.69. The summed E-state index contributed by atoms with van der Waals surface area (Å²) in [6.45, 7) is 10.7. The Kier molecular flexibility index (Phi) is 5.69. The predicted octanol–water partition coefficient (Wildman–Crippen LogP) is 4.33. The molecule has 1 aromatic rings. The van der Waals surface area contributed by atoms with Crippen LogP contribution < -0.4 is 0 Å². The maximum absolute atomic E-state index is 12.9. The van der Waals surface area contributed by atoms with Gasteiger partial charge in [0.05, 0.1) is 10.5 Å². The molecule has 0 bridgehead atoms. The number of rotatable bonds is 6. The van der Waals surface area contributed by atoms with Crippen LogP contribution in [0.25, 0.3) is 5.57 Å². The average molecular weight is 331 g/mol. The molecule has 0 aliphatic carbocycles. The minimum Gasteiger partial charge on any atom is -0.274 e. The van der Waals surface area contributed by atoms with Crippen molar-refractivity contribution in [1.29, 1.82) is 0 Å². The molecule has 1 aliphatic rings. The van der Waals surface area contributed by atoms with Gasteiger partial charge < -0.3 is 0 Å². The van der Waals surface area contributed by atoms with Gasteiger partial charge in [-0.2, -0.15) is 0 Å². The SMILES string of the molecule is CCCCN1C(=O)C(SC(C)C)=C(c2ccc(C)cc2C)C1=O. The summed E-state index contributed by atoms with van der Waals surface area (Å²) in [5.74, 6) is -0.268. The molecule has 2 amide bonds. The van der Waals surface area contributed by atoms with Gasteiger partial charge in [0, 0.05) is 11.8 Å². The number of hydrogen-bond acceptors (Lipinski definition) is 3. The highest BCUT2D eigenvalue weighted by atomic mass is 32.2. The molecular weight excluding hydrogens is 306 g/mol. The number of imide groups is 1. The van der Waals surface area contributed by atoms with Gasteiger partial charge in [-0.3, -0.25) is 14.5 Å². The molecule has 0 N–H and O–H groups in total. The maximum Gasteiger partial charge on any atom is 0.267 e. The summed E-state index contributed by atoms with van der Waals surface area (Å²) in [5.41, 5.74) is 3.67. The molecule has 0 radical (unpaired) electrons. The van der Waals surface area contributed by atoms with Crippen LogP contribution in [0.15, 0.2) is 23.1 Å². The zero-order chi connectivity index (χ0) is 17.1. The molecule has 3 nitrogen and oxygen atoms in total. The van der Waals surface area contributed by atoms with Gasteiger partial charge in [0.25, 0.3) is 11.8 Å². The largest absolute Gasteiger partial charge is 0.274 e. The molecule has 124 valence electrons. The van der Waals surface area contributed by atoms with Crippen molar-refractivity contribution in [2.24, 2.45) is 0 Å². The monoisotopic (exact) mass is 331 g/mol. The van der Waals surface area contributed by atoms with Gasteiger partial charge in [-0.1, -0.05) is 51.0 Å². The lowest BCUT2D eigenvalue weighted by atomic mass is 9.99. The van der Waals surface area contributed by atoms with Crippen molar-refractivity contribution in [3.63, 3.8) is 0 Å². The molecule has 1 aromatic carbocycles. The summed E-state index contributed by atoms with van der Waals surface area (Å²) >= 11 is 1.49. The van der Waals surface area contributed by atoms with Crippen LogP contribution in [0.2, 0.25) is 0 Å². The van der Waals surface area contributed by atoms with Crippen LogP contribution in [0.1, 0.15) is 50.3 Å². The molecule has 1 heterocycles. The van der Waals surface area contributed by atoms with Crippen LogP contribution in [0.4, 0.5) is 0 Å². The van der Waals surface area contributed by atoms with Crippen molar-refractivity contribution in [2.45, 2.75) is 52.7 Å². The Hall–Kier alpha value is -1.55. The average Bonchev–Trinajstić information content (AvgIpc) is 2.69. The molecule has 0 spiro atoms. The highest BCUT2D eigenvalue weighted by Crippen LogP contribution is 2.39. The van der Waals surface area contributed by atoms with Crippen molar-refractivity contribution in [3.8, 4) is 0 Å². The second kappa shape index (κ2) is 7.35. The molecule has 0 fully saturated rings. The van der Waals surface area contributed by atoms with Gasteiger partial charge in [0.2, 0.25) is 0 Å². The second-order valence-electron chi connectivity index (χ2n) is 6.30. The van der Waals surface area contributed by atoms with E-state index in [0.29, 0.717) is 17.0 Å². The molecule has 2 rings (SSSR count). The zero-order valence-corrected chi connectivity index (χ0v) is 15.4. The molecule has 0 aromatic heterocycles. The van der Waals surface area contributed by atoms with Gasteiger partial charge in [0.15, 0.2) is 0 Å². The number of carbonyl (C=O) groups is 2. The minimum absolute atomic E-state index is 0.128. The summed E-state index contributed by atoms with van der Waals surface area (Å²) in [6, 6.07) is 6.03. The van der Waals surface area contributed by atoms with E-state index >= 15 is 0 Å². The van der Waals surface area contributed by atoms with Crippen LogP contribution in [0, 0.1) is 13.8 Å². The first-order valence-corrected chi connectivity index (χ1v) is 9.09. The lowest BCUT2D eigenvalue weighted by molar-refractivity contribution is -0.136. The number of amides is 2. The number of nitrogens with zero attached hydrogens (tertiary/aromatic N) is 1. The molecular formula is C19H25NO2S. The third-order valence-corrected chi connectivity index (χ3v) is 4.95. The lowest BCUT2D eigenvalue weighted by Crippen LogP contribution is -2.32. The zero-order valence-electron chi connectivity index (χ0n) is 14.6. The number of benzene rings is 1. The smallest absolute Gasteiger partial charge is 0.267 e. The van der Waals surface area contributed by atoms with E-state index in [1.807, 2.05) is 39.8 Å². The van der Waals surface area contributed by atoms with Crippen LogP contribution in [0.3, 0.4) is 0 Å². The Labute approximate surface area is 143 Å². The number of carbonyl (C=O) groups excluding carboxylic acids is 2. The molecule has 0 unspecified atom stereocenters. The topological polar surface area (TPSA) is 37.4 Å². The Bertz CT molecular complexity index is 661. The number of thioether (sulfide) groups is 1. The van der Waals surface area contributed by atoms with Crippen LogP contribution in [-0.4, -0.2) is 28.5 Å². The lowest BCUT2D eigenvalue weighted by Gasteiger charge is -2.14. The van der Waals surface area contributed by atoms with Crippen molar-refractivity contribution in [1.82, 2.24) is 4.90 Å². The summed E-state index contributed by atoms with van der Waals surface area (Å²) in [7, 11) is 0. The van der Waals surface area contributed by atoms with Gasteiger partial charge in [-0.15, -0.1) is 11.8 Å². The van der Waals surface area contributed by atoms with Crippen molar-refractivity contribution >= 4 is 29.1 Å². The molecule has 0 saturated carbocycles. The Balaban J connectivity index is 2.51. The van der Waals surface area contributed by atoms with E-state index < -0.39 is 0 Å². The molecule has 4 heteroatoms. The highest BCUT2D eigenvalue weighted by Gasteiger charge is 2.39. The van der Waals surface area contributed by atoms with E-state index in [2.05, 4.69) is 13.0 Å². The van der Waals surface area contributed by atoms with E-state index in [4.69, 9.17) is 0 Å². The fourth-order valence-electron chi connectivity index (χ4n) is 2.75. The Morgan fingerprint density at radius 3 is 2.39 bits per heavy atom. The Morgan fingerprint density at radius 2 is 1.83 bits per heavy atom. The summed E-state index contributed by atoms with van der Waals surface area (Å²) < 4.78 is 0. The van der Waals surface area contributed by atoms with Crippen LogP contribution in [-0.2, 0) is 9.59 Å². The number of aryl methyl sites for hydroxylation is 2. The van der Waals surface area contributed by atoms with Crippen molar-refractivity contribution < 1.29 is 9.59 Å². The maximum atomic E-state index is 12.9. The van der Waals surface area contributed by atoms with Crippen molar-refractivity contribution in [2.75, 3.05) is 6.54 Å². The second-order valence-corrected chi connectivity index (χ2v) is 7.89. The fraction of sp³-hybridized carbons (Fsp3) is 0.474. The molecule has 0 saturated heterocycles. The van der Waals surface area contributed by atoms with Crippen molar-refractivity contribution in [3.05, 3.63) is 39.8 Å². The molecule has 1 aliphatic heterocycles. The van der Waals surface area contributed by atoms with Gasteiger partial charge >= 0.3 is 0 Å². The van der Waals surface area contributed by atoms with E-state index in [0.717, 1.165) is 29.5 Å². The Morgan fingerprint density at radius 1 is 1.13 bits per heavy atom. The molecule has 23 heavy (non-hydrogen) atoms. The fourth-order valence-corrected chi connectivity index (χ4v) is 3.75. The van der Waals surface area contributed by atoms with Gasteiger partial charge in [-0.05, 0) is 31.4 Å². The highest BCUT2D eigenvalue weighted by molar-refractivity contribution is 8.04. The number of hydrogen-bond donors (Lipinski definition) is 0. The van der Waals surface area contributed by atoms with E-state index in [1.165, 1.54) is 16.7 Å². The van der Waals surface area contributed by atoms with Crippen LogP contribution >= 0.6 is 11.8 Å². The first-order valence-electron chi connectivity index (χ1n) is 8.21. The minimum atomic E-state index is -0.140. The first-order chi connectivity index (χ1) is 10.9. The van der Waals surface area contributed by atoms with Crippen LogP contribution in [0.5, 0.6) is 0 Å². The quantitative estimate of drug-likeness (QED) is 0.728. The summed E-state index contributed by atoms with van der Waals surface area (Å²) in [5, 5.41) is 0.258. The number of unbranched alkanes of at least 4 members (excludes halogenated alkanes) is 1. The van der Waals surface area contributed by atoms with E-state index in [9.17, 15) is 9.59 Å². The molecule has 0 atom stereocenters. The van der Waals surface area contributed by atoms with E-state index in [1.54, 1.807) is 0 Å². The van der Waals surface area contributed by atoms with Gasteiger partial charge in [0.1, 0.15) is 0 Å². The summed E-state index contributed by atoms with van der Waals surface area (Å²) in [4.78, 5) is 27.7.